The minimum atomic E-state index is -3.64. The zero-order chi connectivity index (χ0) is 22.4. The Morgan fingerprint density at radius 1 is 1.03 bits per heavy atom. The van der Waals surface area contributed by atoms with Crippen LogP contribution < -0.4 is 14.8 Å². The van der Waals surface area contributed by atoms with Gasteiger partial charge in [-0.2, -0.15) is 4.31 Å². The number of ketones is 1. The molecule has 0 aliphatic carbocycles. The van der Waals surface area contributed by atoms with E-state index in [1.807, 2.05) is 0 Å². The maximum atomic E-state index is 12.9. The molecule has 8 nitrogen and oxygen atoms in total. The van der Waals surface area contributed by atoms with Crippen molar-refractivity contribution in [3.63, 3.8) is 0 Å². The third-order valence-electron chi connectivity index (χ3n) is 5.03. The summed E-state index contributed by atoms with van der Waals surface area (Å²) in [6.45, 7) is 2.17. The lowest BCUT2D eigenvalue weighted by atomic mass is 10.1. The Morgan fingerprint density at radius 3 is 2.32 bits per heavy atom. The Hall–Kier alpha value is -2.91. The topological polar surface area (TPSA) is 102 Å². The van der Waals surface area contributed by atoms with E-state index in [2.05, 4.69) is 5.32 Å². The average Bonchev–Trinajstić information content (AvgIpc) is 2.78. The summed E-state index contributed by atoms with van der Waals surface area (Å²) < 4.78 is 38.1. The van der Waals surface area contributed by atoms with Crippen LogP contribution in [0.1, 0.15) is 36.5 Å². The molecule has 0 spiro atoms. The number of carbonyl (C=O) groups is 2. The van der Waals surface area contributed by atoms with Gasteiger partial charge in [0.2, 0.25) is 10.0 Å². The molecule has 1 fully saturated rings. The SMILES string of the molecule is COc1ccc(S(=O)(=O)N2CCCCC2)cc1NC(=O)COc1ccc(C(C)=O)cc1. The van der Waals surface area contributed by atoms with Crippen LogP contribution >= 0.6 is 0 Å². The quantitative estimate of drug-likeness (QED) is 0.625. The second-order valence-corrected chi connectivity index (χ2v) is 9.18. The summed E-state index contributed by atoms with van der Waals surface area (Å²) in [6.07, 6.45) is 2.70. The predicted molar refractivity (Wildman–Crippen MR) is 116 cm³/mol. The Morgan fingerprint density at radius 2 is 1.71 bits per heavy atom. The highest BCUT2D eigenvalue weighted by Crippen LogP contribution is 2.30. The van der Waals surface area contributed by atoms with Crippen molar-refractivity contribution in [2.45, 2.75) is 31.1 Å². The summed E-state index contributed by atoms with van der Waals surface area (Å²) in [6, 6.07) is 10.9. The van der Waals surface area contributed by atoms with Crippen LogP contribution in [0.4, 0.5) is 5.69 Å². The first-order valence-corrected chi connectivity index (χ1v) is 11.5. The molecule has 2 aromatic carbocycles. The number of Topliss-reactive ketones (excluding diaryl/α,β-unsaturated/α-hetero) is 1. The lowest BCUT2D eigenvalue weighted by molar-refractivity contribution is -0.118. The number of nitrogens with zero attached hydrogens (tertiary/aromatic N) is 1. The van der Waals surface area contributed by atoms with Gasteiger partial charge in [-0.1, -0.05) is 6.42 Å². The zero-order valence-corrected chi connectivity index (χ0v) is 18.4. The van der Waals surface area contributed by atoms with Crippen molar-refractivity contribution in [3.8, 4) is 11.5 Å². The highest BCUT2D eigenvalue weighted by atomic mass is 32.2. The molecule has 31 heavy (non-hydrogen) atoms. The first-order chi connectivity index (χ1) is 14.8. The van der Waals surface area contributed by atoms with Gasteiger partial charge in [-0.25, -0.2) is 8.42 Å². The standard InChI is InChI=1S/C22H26N2O6S/c1-16(25)17-6-8-18(9-7-17)30-15-22(26)23-20-14-19(10-11-21(20)29-2)31(27,28)24-12-4-3-5-13-24/h6-11,14H,3-5,12-13,15H2,1-2H3,(H,23,26). The number of benzene rings is 2. The van der Waals surface area contributed by atoms with Crippen LogP contribution in [0, 0.1) is 0 Å². The van der Waals surface area contributed by atoms with Gasteiger partial charge in [0.1, 0.15) is 11.5 Å². The van der Waals surface area contributed by atoms with Crippen molar-refractivity contribution in [1.29, 1.82) is 0 Å². The molecule has 0 radical (unpaired) electrons. The lowest BCUT2D eigenvalue weighted by Gasteiger charge is -2.26. The molecule has 1 aliphatic rings. The van der Waals surface area contributed by atoms with E-state index >= 15 is 0 Å². The van der Waals surface area contributed by atoms with Gasteiger partial charge in [0.15, 0.2) is 12.4 Å². The molecule has 1 amide bonds. The van der Waals surface area contributed by atoms with E-state index in [0.717, 1.165) is 19.3 Å². The first kappa shape index (κ1) is 22.8. The van der Waals surface area contributed by atoms with Crippen LogP contribution in [0.15, 0.2) is 47.4 Å². The number of rotatable bonds is 8. The van der Waals surface area contributed by atoms with Crippen molar-refractivity contribution in [2.75, 3.05) is 32.1 Å². The number of amides is 1. The number of ether oxygens (including phenoxy) is 2. The Labute approximate surface area is 182 Å². The van der Waals surface area contributed by atoms with E-state index in [4.69, 9.17) is 9.47 Å². The fraction of sp³-hybridized carbons (Fsp3) is 0.364. The number of nitrogens with one attached hydrogen (secondary N) is 1. The number of methoxy groups -OCH3 is 1. The van der Waals surface area contributed by atoms with Crippen LogP contribution in [0.25, 0.3) is 0 Å². The number of sulfonamides is 1. The summed E-state index contributed by atoms with van der Waals surface area (Å²) in [4.78, 5) is 23.8. The van der Waals surface area contributed by atoms with Crippen molar-refractivity contribution in [3.05, 3.63) is 48.0 Å². The van der Waals surface area contributed by atoms with Crippen molar-refractivity contribution < 1.29 is 27.5 Å². The smallest absolute Gasteiger partial charge is 0.262 e. The van der Waals surface area contributed by atoms with Gasteiger partial charge in [-0.15, -0.1) is 0 Å². The van der Waals surface area contributed by atoms with Gasteiger partial charge in [-0.05, 0) is 62.2 Å². The maximum absolute atomic E-state index is 12.9. The lowest BCUT2D eigenvalue weighted by Crippen LogP contribution is -2.35. The molecule has 9 heteroatoms. The largest absolute Gasteiger partial charge is 0.495 e. The predicted octanol–water partition coefficient (Wildman–Crippen LogP) is 3.09. The molecule has 1 N–H and O–H groups in total. The van der Waals surface area contributed by atoms with E-state index in [-0.39, 0.29) is 23.0 Å². The summed E-state index contributed by atoms with van der Waals surface area (Å²) >= 11 is 0. The fourth-order valence-corrected chi connectivity index (χ4v) is 4.86. The highest BCUT2D eigenvalue weighted by molar-refractivity contribution is 7.89. The molecule has 2 aromatic rings. The average molecular weight is 447 g/mol. The minimum Gasteiger partial charge on any atom is -0.495 e. The molecule has 0 unspecified atom stereocenters. The van der Waals surface area contributed by atoms with Gasteiger partial charge in [0.05, 0.1) is 17.7 Å². The molecule has 1 aliphatic heterocycles. The van der Waals surface area contributed by atoms with Crippen LogP contribution in [0.2, 0.25) is 0 Å². The van der Waals surface area contributed by atoms with Crippen LogP contribution in [-0.4, -0.2) is 51.2 Å². The van der Waals surface area contributed by atoms with Crippen LogP contribution in [0.5, 0.6) is 11.5 Å². The molecular weight excluding hydrogens is 420 g/mol. The second-order valence-electron chi connectivity index (χ2n) is 7.24. The van der Waals surface area contributed by atoms with Gasteiger partial charge in [0, 0.05) is 18.7 Å². The van der Waals surface area contributed by atoms with E-state index in [1.165, 1.54) is 36.5 Å². The molecule has 0 bridgehead atoms. The fourth-order valence-electron chi connectivity index (χ4n) is 3.32. The van der Waals surface area contributed by atoms with Gasteiger partial charge < -0.3 is 14.8 Å². The van der Waals surface area contributed by atoms with Crippen molar-refractivity contribution in [1.82, 2.24) is 4.31 Å². The van der Waals surface area contributed by atoms with E-state index < -0.39 is 15.9 Å². The van der Waals surface area contributed by atoms with Crippen molar-refractivity contribution >= 4 is 27.4 Å². The minimum absolute atomic E-state index is 0.0595. The van der Waals surface area contributed by atoms with Crippen molar-refractivity contribution in [2.24, 2.45) is 0 Å². The molecule has 3 rings (SSSR count). The normalized spacial score (nSPS) is 14.6. The maximum Gasteiger partial charge on any atom is 0.262 e. The third-order valence-corrected chi connectivity index (χ3v) is 6.92. The summed E-state index contributed by atoms with van der Waals surface area (Å²) in [5, 5.41) is 2.65. The van der Waals surface area contributed by atoms with E-state index in [1.54, 1.807) is 24.3 Å². The molecular formula is C22H26N2O6S. The number of hydrogen-bond donors (Lipinski definition) is 1. The molecule has 0 saturated carbocycles. The number of carbonyl (C=O) groups excluding carboxylic acids is 2. The van der Waals surface area contributed by atoms with Gasteiger partial charge in [-0.3, -0.25) is 9.59 Å². The van der Waals surface area contributed by atoms with Gasteiger partial charge in [0.25, 0.3) is 5.91 Å². The number of hydrogen-bond acceptors (Lipinski definition) is 6. The summed E-state index contributed by atoms with van der Waals surface area (Å²) in [5.74, 6) is 0.252. The Balaban J connectivity index is 1.70. The highest BCUT2D eigenvalue weighted by Gasteiger charge is 2.27. The molecule has 0 aromatic heterocycles. The first-order valence-electron chi connectivity index (χ1n) is 10.0. The van der Waals surface area contributed by atoms with Crippen LogP contribution in [0.3, 0.4) is 0 Å². The molecule has 0 atom stereocenters. The summed E-state index contributed by atoms with van der Waals surface area (Å²) in [5.41, 5.74) is 0.800. The van der Waals surface area contributed by atoms with E-state index in [0.29, 0.717) is 30.2 Å². The Kier molecular flexibility index (Phi) is 7.29. The molecule has 1 heterocycles. The Bertz CT molecular complexity index is 1040. The second kappa shape index (κ2) is 9.93. The summed E-state index contributed by atoms with van der Waals surface area (Å²) in [7, 11) is -2.20. The molecule has 166 valence electrons. The van der Waals surface area contributed by atoms with E-state index in [9.17, 15) is 18.0 Å². The van der Waals surface area contributed by atoms with Gasteiger partial charge >= 0.3 is 0 Å². The molecule has 1 saturated heterocycles. The monoisotopic (exact) mass is 446 g/mol. The zero-order valence-electron chi connectivity index (χ0n) is 17.6. The number of anilines is 1. The number of piperidine rings is 1. The van der Waals surface area contributed by atoms with Crippen LogP contribution in [-0.2, 0) is 14.8 Å². The third kappa shape index (κ3) is 5.62.